The molecule has 2 rings (SSSR count). The number of hydrogen-bond donors (Lipinski definition) is 3. The lowest BCUT2D eigenvalue weighted by atomic mass is 9.81. The van der Waals surface area contributed by atoms with Crippen LogP contribution in [0.3, 0.4) is 0 Å². The molecule has 2 amide bonds. The molecule has 0 aliphatic carbocycles. The van der Waals surface area contributed by atoms with Gasteiger partial charge < -0.3 is 16.4 Å². The molecule has 0 unspecified atom stereocenters. The maximum Gasteiger partial charge on any atom is 0.256 e. The number of nitrogens with two attached hydrogens (primary N) is 1. The van der Waals surface area contributed by atoms with Gasteiger partial charge in [0.05, 0.1) is 17.3 Å². The number of rotatable bonds is 7. The molecule has 1 heterocycles. The zero-order chi connectivity index (χ0) is 18.3. The Labute approximate surface area is 172 Å². The molecular weight excluding hydrogens is 387 g/mol. The van der Waals surface area contributed by atoms with Crippen LogP contribution in [-0.4, -0.2) is 23.3 Å². The summed E-state index contributed by atoms with van der Waals surface area (Å²) in [4.78, 5) is 28.8. The Balaban J connectivity index is 0.00000338. The van der Waals surface area contributed by atoms with Crippen LogP contribution in [0, 0.1) is 5.41 Å². The fourth-order valence-electron chi connectivity index (χ4n) is 2.54. The van der Waals surface area contributed by atoms with Crippen molar-refractivity contribution < 1.29 is 9.59 Å². The third kappa shape index (κ3) is 6.20. The molecule has 0 radical (unpaired) electrons. The Morgan fingerprint density at radius 2 is 1.63 bits per heavy atom. The van der Waals surface area contributed by atoms with Gasteiger partial charge in [-0.2, -0.15) is 0 Å². The smallest absolute Gasteiger partial charge is 0.256 e. The van der Waals surface area contributed by atoms with E-state index in [1.54, 1.807) is 36.4 Å². The molecule has 0 bridgehead atoms. The van der Waals surface area contributed by atoms with E-state index in [4.69, 9.17) is 5.73 Å². The van der Waals surface area contributed by atoms with Crippen LogP contribution >= 0.6 is 24.8 Å². The van der Waals surface area contributed by atoms with Gasteiger partial charge in [0, 0.05) is 12.1 Å². The molecule has 0 spiro atoms. The second-order valence-corrected chi connectivity index (χ2v) is 5.90. The van der Waals surface area contributed by atoms with Crippen molar-refractivity contribution in [2.24, 2.45) is 11.1 Å². The van der Waals surface area contributed by atoms with Crippen LogP contribution in [-0.2, 0) is 4.79 Å². The van der Waals surface area contributed by atoms with Crippen LogP contribution in [0.1, 0.15) is 37.0 Å². The molecule has 27 heavy (non-hydrogen) atoms. The number of nitrogens with zero attached hydrogens (tertiary/aromatic N) is 1. The summed E-state index contributed by atoms with van der Waals surface area (Å²) in [5.41, 5.74) is 6.35. The van der Waals surface area contributed by atoms with E-state index < -0.39 is 5.41 Å². The zero-order valence-corrected chi connectivity index (χ0v) is 17.0. The fourth-order valence-corrected chi connectivity index (χ4v) is 2.54. The zero-order valence-electron chi connectivity index (χ0n) is 15.4. The number of hydrogen-bond acceptors (Lipinski definition) is 4. The first kappa shape index (κ1) is 24.8. The molecule has 8 heteroatoms. The van der Waals surface area contributed by atoms with E-state index in [0.717, 1.165) is 0 Å². The fraction of sp³-hybridized carbons (Fsp3) is 0.316. The predicted molar refractivity (Wildman–Crippen MR) is 114 cm³/mol. The van der Waals surface area contributed by atoms with E-state index in [9.17, 15) is 9.59 Å². The third-order valence-electron chi connectivity index (χ3n) is 4.52. The van der Waals surface area contributed by atoms with Gasteiger partial charge in [-0.1, -0.05) is 32.0 Å². The van der Waals surface area contributed by atoms with E-state index in [0.29, 0.717) is 36.5 Å². The molecule has 4 N–H and O–H groups in total. The van der Waals surface area contributed by atoms with Crippen LogP contribution in [0.2, 0.25) is 0 Å². The minimum Gasteiger partial charge on any atom is -0.329 e. The van der Waals surface area contributed by atoms with Gasteiger partial charge in [-0.15, -0.1) is 24.8 Å². The van der Waals surface area contributed by atoms with Crippen molar-refractivity contribution in [1.29, 1.82) is 0 Å². The summed E-state index contributed by atoms with van der Waals surface area (Å²) < 4.78 is 0. The van der Waals surface area contributed by atoms with Crippen molar-refractivity contribution in [3.05, 3.63) is 54.2 Å². The molecule has 0 saturated carbocycles. The van der Waals surface area contributed by atoms with Gasteiger partial charge in [0.1, 0.15) is 5.82 Å². The first-order chi connectivity index (χ1) is 12.0. The van der Waals surface area contributed by atoms with Crippen LogP contribution < -0.4 is 16.4 Å². The maximum absolute atomic E-state index is 12.5. The monoisotopic (exact) mass is 412 g/mol. The Bertz CT molecular complexity index is 712. The summed E-state index contributed by atoms with van der Waals surface area (Å²) in [5.74, 6) is 0.0785. The minimum atomic E-state index is -0.569. The number of aromatic nitrogens is 1. The second kappa shape index (κ2) is 11.5. The standard InChI is InChI=1S/C19H24N4O2.2ClH/c1-3-19(4-2,13-20)18(25)22-15-10-11-16(21-12-15)23-17(24)14-8-6-5-7-9-14;;/h5-12H,3-4,13,20H2,1-2H3,(H,22,25)(H,21,23,24);2*1H. The number of carbonyl (C=O) groups is 2. The van der Waals surface area contributed by atoms with Gasteiger partial charge in [0.15, 0.2) is 0 Å². The number of halogens is 2. The highest BCUT2D eigenvalue weighted by Crippen LogP contribution is 2.27. The maximum atomic E-state index is 12.5. The number of benzene rings is 1. The summed E-state index contributed by atoms with van der Waals surface area (Å²) >= 11 is 0. The molecule has 148 valence electrons. The third-order valence-corrected chi connectivity index (χ3v) is 4.52. The van der Waals surface area contributed by atoms with Crippen LogP contribution in [0.4, 0.5) is 11.5 Å². The van der Waals surface area contributed by atoms with Gasteiger partial charge >= 0.3 is 0 Å². The Morgan fingerprint density at radius 3 is 2.11 bits per heavy atom. The van der Waals surface area contributed by atoms with E-state index in [2.05, 4.69) is 15.6 Å². The van der Waals surface area contributed by atoms with E-state index in [1.165, 1.54) is 6.20 Å². The first-order valence-corrected chi connectivity index (χ1v) is 8.38. The van der Waals surface area contributed by atoms with E-state index in [-0.39, 0.29) is 36.6 Å². The van der Waals surface area contributed by atoms with Crippen molar-refractivity contribution in [2.75, 3.05) is 17.2 Å². The predicted octanol–water partition coefficient (Wildman–Crippen LogP) is 3.88. The molecule has 0 aliphatic heterocycles. The molecule has 0 fully saturated rings. The SMILES string of the molecule is CCC(CC)(CN)C(=O)Nc1ccc(NC(=O)c2ccccc2)nc1.Cl.Cl. The van der Waals surface area contributed by atoms with Crippen molar-refractivity contribution in [3.8, 4) is 0 Å². The quantitative estimate of drug-likeness (QED) is 0.642. The summed E-state index contributed by atoms with van der Waals surface area (Å²) in [6, 6.07) is 12.3. The van der Waals surface area contributed by atoms with E-state index in [1.807, 2.05) is 19.9 Å². The molecular formula is C19H26Cl2N4O2. The summed E-state index contributed by atoms with van der Waals surface area (Å²) in [5, 5.41) is 5.57. The molecule has 2 aromatic rings. The molecule has 1 aromatic heterocycles. The Hall–Kier alpha value is -2.15. The topological polar surface area (TPSA) is 97.1 Å². The number of anilines is 2. The van der Waals surface area contributed by atoms with Crippen molar-refractivity contribution in [3.63, 3.8) is 0 Å². The molecule has 0 atom stereocenters. The number of nitrogens with one attached hydrogen (secondary N) is 2. The lowest BCUT2D eigenvalue weighted by Gasteiger charge is -2.28. The van der Waals surface area contributed by atoms with Crippen LogP contribution in [0.5, 0.6) is 0 Å². The first-order valence-electron chi connectivity index (χ1n) is 8.38. The van der Waals surface area contributed by atoms with Gasteiger partial charge in [0.25, 0.3) is 5.91 Å². The minimum absolute atomic E-state index is 0. The highest BCUT2D eigenvalue weighted by atomic mass is 35.5. The number of pyridine rings is 1. The largest absolute Gasteiger partial charge is 0.329 e. The van der Waals surface area contributed by atoms with Crippen LogP contribution in [0.25, 0.3) is 0 Å². The second-order valence-electron chi connectivity index (χ2n) is 5.90. The summed E-state index contributed by atoms with van der Waals surface area (Å²) in [6.45, 7) is 4.21. The molecule has 0 aliphatic rings. The Morgan fingerprint density at radius 1 is 1.00 bits per heavy atom. The lowest BCUT2D eigenvalue weighted by molar-refractivity contribution is -0.125. The van der Waals surface area contributed by atoms with Crippen LogP contribution in [0.15, 0.2) is 48.7 Å². The average molecular weight is 413 g/mol. The van der Waals surface area contributed by atoms with Crippen molar-refractivity contribution in [2.45, 2.75) is 26.7 Å². The van der Waals surface area contributed by atoms with Gasteiger partial charge in [-0.25, -0.2) is 4.98 Å². The van der Waals surface area contributed by atoms with E-state index >= 15 is 0 Å². The summed E-state index contributed by atoms with van der Waals surface area (Å²) in [6.07, 6.45) is 2.86. The van der Waals surface area contributed by atoms with Crippen molar-refractivity contribution in [1.82, 2.24) is 4.98 Å². The molecule has 6 nitrogen and oxygen atoms in total. The van der Waals surface area contributed by atoms with Gasteiger partial charge in [0.2, 0.25) is 5.91 Å². The molecule has 0 saturated heterocycles. The number of amides is 2. The summed E-state index contributed by atoms with van der Waals surface area (Å²) in [7, 11) is 0. The highest BCUT2D eigenvalue weighted by Gasteiger charge is 2.33. The highest BCUT2D eigenvalue weighted by molar-refractivity contribution is 6.03. The normalized spacial score (nSPS) is 10.2. The Kier molecular flexibility index (Phi) is 10.6. The average Bonchev–Trinajstić information content (AvgIpc) is 2.66. The van der Waals surface area contributed by atoms with Gasteiger partial charge in [-0.3, -0.25) is 9.59 Å². The lowest BCUT2D eigenvalue weighted by Crippen LogP contribution is -2.41. The van der Waals surface area contributed by atoms with Crippen molar-refractivity contribution >= 4 is 48.1 Å². The molecule has 1 aromatic carbocycles. The van der Waals surface area contributed by atoms with Gasteiger partial charge in [-0.05, 0) is 37.1 Å². The number of carbonyl (C=O) groups excluding carboxylic acids is 2.